The molecule has 28 heavy (non-hydrogen) atoms. The smallest absolute Gasteiger partial charge is 0.410 e. The number of rotatable bonds is 3. The van der Waals surface area contributed by atoms with Gasteiger partial charge in [0, 0.05) is 38.3 Å². The zero-order chi connectivity index (χ0) is 20.7. The molecule has 0 bridgehead atoms. The first-order valence-corrected chi connectivity index (χ1v) is 10.0. The highest BCUT2D eigenvalue weighted by Crippen LogP contribution is 2.51. The van der Waals surface area contributed by atoms with E-state index in [-0.39, 0.29) is 23.2 Å². The lowest BCUT2D eigenvalue weighted by Crippen LogP contribution is -2.56. The van der Waals surface area contributed by atoms with Crippen molar-refractivity contribution in [1.82, 2.24) is 4.90 Å². The fourth-order valence-electron chi connectivity index (χ4n) is 4.19. The van der Waals surface area contributed by atoms with Gasteiger partial charge in [0.2, 0.25) is 0 Å². The highest BCUT2D eigenvalue weighted by molar-refractivity contribution is 6.33. The largest absolute Gasteiger partial charge is 0.444 e. The predicted octanol–water partition coefficient (Wildman–Crippen LogP) is 4.86. The molecule has 1 amide bonds. The lowest BCUT2D eigenvalue weighted by molar-refractivity contribution is -0.384. The van der Waals surface area contributed by atoms with Crippen LogP contribution >= 0.6 is 11.6 Å². The molecular weight excluding hydrogens is 382 g/mol. The van der Waals surface area contributed by atoms with Gasteiger partial charge < -0.3 is 14.5 Å². The number of carbonyl (C=O) groups excluding carboxylic acids is 1. The minimum absolute atomic E-state index is 0.00856. The van der Waals surface area contributed by atoms with Gasteiger partial charge in [0.15, 0.2) is 0 Å². The molecule has 1 heterocycles. The molecule has 1 aliphatic heterocycles. The molecule has 1 aromatic carbocycles. The van der Waals surface area contributed by atoms with Gasteiger partial charge in [-0.1, -0.05) is 11.6 Å². The minimum atomic E-state index is -0.484. The first-order chi connectivity index (χ1) is 13.0. The maximum absolute atomic E-state index is 12.2. The van der Waals surface area contributed by atoms with Gasteiger partial charge in [0.05, 0.1) is 15.6 Å². The van der Waals surface area contributed by atoms with Crippen LogP contribution in [0.2, 0.25) is 5.02 Å². The molecule has 154 valence electrons. The van der Waals surface area contributed by atoms with Crippen LogP contribution in [0.5, 0.6) is 0 Å². The van der Waals surface area contributed by atoms with Crippen molar-refractivity contribution >= 4 is 29.1 Å². The third-order valence-electron chi connectivity index (χ3n) is 5.87. The van der Waals surface area contributed by atoms with Crippen LogP contribution in [0.3, 0.4) is 0 Å². The number of hydrogen-bond acceptors (Lipinski definition) is 5. The van der Waals surface area contributed by atoms with Gasteiger partial charge in [-0.05, 0) is 57.9 Å². The number of piperidine rings is 1. The Kier molecular flexibility index (Phi) is 5.49. The van der Waals surface area contributed by atoms with Crippen LogP contribution in [-0.2, 0) is 4.74 Å². The second-order valence-corrected chi connectivity index (χ2v) is 9.44. The van der Waals surface area contributed by atoms with Crippen molar-refractivity contribution in [2.45, 2.75) is 58.1 Å². The highest BCUT2D eigenvalue weighted by Gasteiger charge is 2.48. The van der Waals surface area contributed by atoms with E-state index in [4.69, 9.17) is 16.3 Å². The number of non-ortho nitro benzene ring substituents is 1. The Morgan fingerprint density at radius 3 is 2.43 bits per heavy atom. The van der Waals surface area contributed by atoms with E-state index in [1.165, 1.54) is 12.1 Å². The molecule has 3 rings (SSSR count). The summed E-state index contributed by atoms with van der Waals surface area (Å²) in [6.45, 7) is 7.35. The molecule has 7 nitrogen and oxygen atoms in total. The van der Waals surface area contributed by atoms with Gasteiger partial charge in [-0.25, -0.2) is 4.79 Å². The Morgan fingerprint density at radius 1 is 1.32 bits per heavy atom. The number of nitro groups is 1. The van der Waals surface area contributed by atoms with E-state index in [1.54, 1.807) is 11.0 Å². The summed E-state index contributed by atoms with van der Waals surface area (Å²) in [6, 6.07) is 4.87. The zero-order valence-corrected chi connectivity index (χ0v) is 17.7. The van der Waals surface area contributed by atoms with Gasteiger partial charge in [-0.15, -0.1) is 0 Å². The average molecular weight is 410 g/mol. The number of benzene rings is 1. The molecule has 0 radical (unpaired) electrons. The molecule has 1 saturated heterocycles. The van der Waals surface area contributed by atoms with Gasteiger partial charge >= 0.3 is 6.09 Å². The average Bonchev–Trinajstić information content (AvgIpc) is 2.57. The normalized spacial score (nSPS) is 19.2. The molecular formula is C20H28ClN3O4. The van der Waals surface area contributed by atoms with Gasteiger partial charge in [0.25, 0.3) is 5.69 Å². The van der Waals surface area contributed by atoms with E-state index in [0.29, 0.717) is 5.02 Å². The Morgan fingerprint density at radius 2 is 1.93 bits per heavy atom. The Bertz CT molecular complexity index is 761. The number of nitro benzene ring substituents is 1. The number of ether oxygens (including phenoxy) is 1. The SMILES string of the molecule is CN(C(=O)OC(C)(C)C)C1CC2(CCN(c3ccc([N+](=O)[O-])cc3Cl)CC2)C1. The van der Waals surface area contributed by atoms with E-state index in [0.717, 1.165) is 44.5 Å². The molecule has 0 atom stereocenters. The second-order valence-electron chi connectivity index (χ2n) is 9.03. The molecule has 1 saturated carbocycles. The lowest BCUT2D eigenvalue weighted by Gasteiger charge is -2.54. The van der Waals surface area contributed by atoms with Crippen LogP contribution in [-0.4, -0.2) is 47.7 Å². The van der Waals surface area contributed by atoms with Crippen molar-refractivity contribution in [3.63, 3.8) is 0 Å². The third kappa shape index (κ3) is 4.35. The number of amides is 1. The van der Waals surface area contributed by atoms with Crippen LogP contribution in [0.25, 0.3) is 0 Å². The molecule has 2 fully saturated rings. The molecule has 1 aliphatic carbocycles. The Balaban J connectivity index is 1.54. The number of hydrogen-bond donors (Lipinski definition) is 0. The van der Waals surface area contributed by atoms with Crippen molar-refractivity contribution in [2.75, 3.05) is 25.0 Å². The van der Waals surface area contributed by atoms with Gasteiger partial charge in [-0.2, -0.15) is 0 Å². The van der Waals surface area contributed by atoms with Crippen LogP contribution in [0.4, 0.5) is 16.2 Å². The van der Waals surface area contributed by atoms with Gasteiger partial charge in [-0.3, -0.25) is 10.1 Å². The number of halogens is 1. The first kappa shape index (κ1) is 20.7. The van der Waals surface area contributed by atoms with Crippen LogP contribution < -0.4 is 4.90 Å². The standard InChI is InChI=1S/C20H28ClN3O4/c1-19(2,3)28-18(25)22(4)15-12-20(13-15)7-9-23(10-8-20)17-6-5-14(24(26)27)11-16(17)21/h5-6,11,15H,7-10,12-13H2,1-4H3. The fourth-order valence-corrected chi connectivity index (χ4v) is 4.49. The zero-order valence-electron chi connectivity index (χ0n) is 16.9. The first-order valence-electron chi connectivity index (χ1n) is 9.64. The fraction of sp³-hybridized carbons (Fsp3) is 0.650. The Labute approximate surface area is 170 Å². The maximum Gasteiger partial charge on any atom is 0.410 e. The van der Waals surface area contributed by atoms with Crippen LogP contribution in [0.1, 0.15) is 46.5 Å². The third-order valence-corrected chi connectivity index (χ3v) is 6.18. The second kappa shape index (κ2) is 7.43. The van der Waals surface area contributed by atoms with Crippen LogP contribution in [0.15, 0.2) is 18.2 Å². The highest BCUT2D eigenvalue weighted by atomic mass is 35.5. The van der Waals surface area contributed by atoms with Crippen molar-refractivity contribution in [3.8, 4) is 0 Å². The molecule has 8 heteroatoms. The van der Waals surface area contributed by atoms with Crippen molar-refractivity contribution in [2.24, 2.45) is 5.41 Å². The van der Waals surface area contributed by atoms with Gasteiger partial charge in [0.1, 0.15) is 5.60 Å². The summed E-state index contributed by atoms with van der Waals surface area (Å²) in [6.07, 6.45) is 3.77. The number of carbonyl (C=O) groups is 1. The van der Waals surface area contributed by atoms with Crippen molar-refractivity contribution in [1.29, 1.82) is 0 Å². The summed E-state index contributed by atoms with van der Waals surface area (Å²) < 4.78 is 5.46. The summed E-state index contributed by atoms with van der Waals surface area (Å²) in [5, 5.41) is 11.3. The van der Waals surface area contributed by atoms with E-state index in [1.807, 2.05) is 27.8 Å². The summed E-state index contributed by atoms with van der Waals surface area (Å²) in [4.78, 5) is 26.6. The summed E-state index contributed by atoms with van der Waals surface area (Å²) in [7, 11) is 1.82. The van der Waals surface area contributed by atoms with E-state index >= 15 is 0 Å². The molecule has 0 unspecified atom stereocenters. The molecule has 1 spiro atoms. The lowest BCUT2D eigenvalue weighted by atomic mass is 9.60. The van der Waals surface area contributed by atoms with E-state index in [2.05, 4.69) is 4.90 Å². The number of nitrogens with zero attached hydrogens (tertiary/aromatic N) is 3. The molecule has 1 aromatic rings. The van der Waals surface area contributed by atoms with E-state index < -0.39 is 10.5 Å². The molecule has 0 N–H and O–H groups in total. The van der Waals surface area contributed by atoms with E-state index in [9.17, 15) is 14.9 Å². The monoisotopic (exact) mass is 409 g/mol. The minimum Gasteiger partial charge on any atom is -0.444 e. The Hall–Kier alpha value is -2.02. The van der Waals surface area contributed by atoms with Crippen molar-refractivity contribution < 1.29 is 14.5 Å². The quantitative estimate of drug-likeness (QED) is 0.526. The summed E-state index contributed by atoms with van der Waals surface area (Å²) >= 11 is 6.27. The number of anilines is 1. The molecule has 0 aromatic heterocycles. The summed E-state index contributed by atoms with van der Waals surface area (Å²) in [5.41, 5.74) is 0.644. The predicted molar refractivity (Wildman–Crippen MR) is 109 cm³/mol. The maximum atomic E-state index is 12.2. The summed E-state index contributed by atoms with van der Waals surface area (Å²) in [5.74, 6) is 0. The topological polar surface area (TPSA) is 75.9 Å². The molecule has 2 aliphatic rings. The van der Waals surface area contributed by atoms with Crippen molar-refractivity contribution in [3.05, 3.63) is 33.3 Å². The van der Waals surface area contributed by atoms with Crippen LogP contribution in [0, 0.1) is 15.5 Å².